The second-order valence-electron chi connectivity index (χ2n) is 5.58. The van der Waals surface area contributed by atoms with Crippen molar-refractivity contribution in [3.8, 4) is 6.07 Å². The summed E-state index contributed by atoms with van der Waals surface area (Å²) in [5.41, 5.74) is 2.46. The Bertz CT molecular complexity index is 829. The van der Waals surface area contributed by atoms with E-state index < -0.39 is 11.9 Å². The number of nitriles is 1. The summed E-state index contributed by atoms with van der Waals surface area (Å²) in [5, 5.41) is 14.5. The van der Waals surface area contributed by atoms with Crippen LogP contribution in [0.15, 0.2) is 11.4 Å². The van der Waals surface area contributed by atoms with Crippen molar-refractivity contribution in [2.45, 2.75) is 32.6 Å². The fraction of sp³-hybridized carbons (Fsp3) is 0.353. The van der Waals surface area contributed by atoms with E-state index >= 15 is 0 Å². The normalized spacial score (nSPS) is 13.0. The van der Waals surface area contributed by atoms with E-state index in [2.05, 4.69) is 11.4 Å². The number of ether oxygens (including phenoxy) is 1. The summed E-state index contributed by atoms with van der Waals surface area (Å²) >= 11 is 2.75. The molecule has 0 aromatic carbocycles. The van der Waals surface area contributed by atoms with Gasteiger partial charge in [-0.05, 0) is 55.2 Å². The van der Waals surface area contributed by atoms with E-state index in [-0.39, 0.29) is 6.61 Å². The lowest BCUT2D eigenvalue weighted by molar-refractivity contribution is -0.119. The van der Waals surface area contributed by atoms with Gasteiger partial charge in [0.1, 0.15) is 15.9 Å². The van der Waals surface area contributed by atoms with Crippen molar-refractivity contribution >= 4 is 39.6 Å². The highest BCUT2D eigenvalue weighted by Gasteiger charge is 2.22. The number of hydrogen-bond donors (Lipinski definition) is 1. The summed E-state index contributed by atoms with van der Waals surface area (Å²) in [4.78, 5) is 25.7. The molecule has 3 rings (SSSR count). The molecule has 0 unspecified atom stereocenters. The van der Waals surface area contributed by atoms with Crippen LogP contribution in [-0.2, 0) is 22.4 Å². The minimum Gasteiger partial charge on any atom is -0.451 e. The number of hydrogen-bond acceptors (Lipinski definition) is 6. The third-order valence-electron chi connectivity index (χ3n) is 3.92. The summed E-state index contributed by atoms with van der Waals surface area (Å²) in [7, 11) is 0. The van der Waals surface area contributed by atoms with Crippen LogP contribution < -0.4 is 5.32 Å². The molecule has 124 valence electrons. The van der Waals surface area contributed by atoms with Gasteiger partial charge in [0.25, 0.3) is 5.91 Å². The monoisotopic (exact) mass is 360 g/mol. The predicted molar refractivity (Wildman–Crippen MR) is 93.6 cm³/mol. The van der Waals surface area contributed by atoms with E-state index in [1.165, 1.54) is 27.6 Å². The number of amides is 1. The zero-order chi connectivity index (χ0) is 17.1. The second kappa shape index (κ2) is 7.16. The molecule has 0 bridgehead atoms. The minimum absolute atomic E-state index is 0.358. The van der Waals surface area contributed by atoms with E-state index in [0.29, 0.717) is 15.4 Å². The molecule has 1 N–H and O–H groups in total. The maximum absolute atomic E-state index is 12.1. The van der Waals surface area contributed by atoms with Crippen LogP contribution >= 0.6 is 22.7 Å². The number of esters is 1. The van der Waals surface area contributed by atoms with E-state index in [4.69, 9.17) is 4.74 Å². The first-order valence-corrected chi connectivity index (χ1v) is 9.35. The molecule has 0 fully saturated rings. The van der Waals surface area contributed by atoms with Crippen molar-refractivity contribution in [3.05, 3.63) is 37.9 Å². The Hall–Kier alpha value is -2.17. The van der Waals surface area contributed by atoms with E-state index in [1.54, 1.807) is 5.38 Å². The van der Waals surface area contributed by atoms with Crippen molar-refractivity contribution in [2.75, 3.05) is 11.9 Å². The molecule has 0 radical (unpaired) electrons. The van der Waals surface area contributed by atoms with Gasteiger partial charge < -0.3 is 10.1 Å². The third-order valence-corrected chi connectivity index (χ3v) is 6.12. The van der Waals surface area contributed by atoms with Gasteiger partial charge in [-0.3, -0.25) is 4.79 Å². The van der Waals surface area contributed by atoms with Crippen LogP contribution in [-0.4, -0.2) is 18.5 Å². The molecule has 1 aliphatic carbocycles. The first-order chi connectivity index (χ1) is 11.6. The molecule has 2 aromatic rings. The summed E-state index contributed by atoms with van der Waals surface area (Å²) in [6, 6.07) is 4.02. The average Bonchev–Trinajstić information content (AvgIpc) is 3.15. The predicted octanol–water partition coefficient (Wildman–Crippen LogP) is 3.66. The topological polar surface area (TPSA) is 79.2 Å². The van der Waals surface area contributed by atoms with Gasteiger partial charge in [0.15, 0.2) is 6.61 Å². The number of nitrogens with zero attached hydrogens (tertiary/aromatic N) is 1. The van der Waals surface area contributed by atoms with Crippen LogP contribution in [0.4, 0.5) is 5.00 Å². The van der Waals surface area contributed by atoms with E-state index in [9.17, 15) is 14.9 Å². The standard InChI is InChI=1S/C17H16N2O3S2/c1-10-6-7-23-15(10)17(21)22-9-14(20)19-16-12(8-18)11-4-2-3-5-13(11)24-16/h6-7H,2-5,9H2,1H3,(H,19,20). The van der Waals surface area contributed by atoms with E-state index in [0.717, 1.165) is 36.8 Å². The molecule has 1 amide bonds. The summed E-state index contributed by atoms with van der Waals surface area (Å²) < 4.78 is 5.06. The Morgan fingerprint density at radius 3 is 2.88 bits per heavy atom. The fourth-order valence-electron chi connectivity index (χ4n) is 2.71. The van der Waals surface area contributed by atoms with Gasteiger partial charge in [0.2, 0.25) is 0 Å². The van der Waals surface area contributed by atoms with Crippen LogP contribution in [0.25, 0.3) is 0 Å². The highest BCUT2D eigenvalue weighted by molar-refractivity contribution is 7.16. The number of rotatable bonds is 4. The lowest BCUT2D eigenvalue weighted by atomic mass is 9.96. The zero-order valence-corrected chi connectivity index (χ0v) is 14.8. The van der Waals surface area contributed by atoms with Gasteiger partial charge in [-0.1, -0.05) is 0 Å². The highest BCUT2D eigenvalue weighted by Crippen LogP contribution is 2.37. The molecular formula is C17H16N2O3S2. The van der Waals surface area contributed by atoms with E-state index in [1.807, 2.05) is 13.0 Å². The summed E-state index contributed by atoms with van der Waals surface area (Å²) in [5.74, 6) is -0.920. The average molecular weight is 360 g/mol. The molecule has 0 saturated carbocycles. The largest absolute Gasteiger partial charge is 0.451 e. The Balaban J connectivity index is 1.63. The summed E-state index contributed by atoms with van der Waals surface area (Å²) in [6.07, 6.45) is 4.03. The molecule has 0 spiro atoms. The van der Waals surface area contributed by atoms with Crippen molar-refractivity contribution < 1.29 is 14.3 Å². The quantitative estimate of drug-likeness (QED) is 0.844. The maximum Gasteiger partial charge on any atom is 0.349 e. The molecule has 0 aliphatic heterocycles. The van der Waals surface area contributed by atoms with Crippen molar-refractivity contribution in [3.63, 3.8) is 0 Å². The fourth-order valence-corrected chi connectivity index (χ4v) is 4.79. The van der Waals surface area contributed by atoms with Gasteiger partial charge in [0.05, 0.1) is 5.56 Å². The number of fused-ring (bicyclic) bond motifs is 1. The first kappa shape index (κ1) is 16.7. The number of thiophene rings is 2. The van der Waals surface area contributed by atoms with Crippen molar-refractivity contribution in [2.24, 2.45) is 0 Å². The molecule has 0 atom stereocenters. The smallest absolute Gasteiger partial charge is 0.349 e. The van der Waals surface area contributed by atoms with Crippen LogP contribution in [0.1, 0.15) is 44.1 Å². The van der Waals surface area contributed by atoms with Gasteiger partial charge >= 0.3 is 5.97 Å². The number of carbonyl (C=O) groups is 2. The molecular weight excluding hydrogens is 344 g/mol. The molecule has 0 saturated heterocycles. The van der Waals surface area contributed by atoms with Gasteiger partial charge in [-0.15, -0.1) is 22.7 Å². The van der Waals surface area contributed by atoms with Crippen molar-refractivity contribution in [1.82, 2.24) is 0 Å². The Morgan fingerprint density at radius 1 is 1.38 bits per heavy atom. The van der Waals surface area contributed by atoms with Crippen LogP contribution in [0, 0.1) is 18.3 Å². The number of anilines is 1. The molecule has 7 heteroatoms. The van der Waals surface area contributed by atoms with Crippen LogP contribution in [0.2, 0.25) is 0 Å². The Labute approximate surface area is 147 Å². The lowest BCUT2D eigenvalue weighted by Gasteiger charge is -2.09. The minimum atomic E-state index is -0.497. The van der Waals surface area contributed by atoms with Crippen molar-refractivity contribution in [1.29, 1.82) is 5.26 Å². The Kier molecular flexibility index (Phi) is 4.97. The maximum atomic E-state index is 12.1. The van der Waals surface area contributed by atoms with Crippen LogP contribution in [0.3, 0.4) is 0 Å². The zero-order valence-electron chi connectivity index (χ0n) is 13.2. The number of carbonyl (C=O) groups excluding carboxylic acids is 2. The van der Waals surface area contributed by atoms with Gasteiger partial charge in [-0.25, -0.2) is 4.79 Å². The molecule has 1 aliphatic rings. The third kappa shape index (κ3) is 3.35. The molecule has 2 aromatic heterocycles. The SMILES string of the molecule is Cc1ccsc1C(=O)OCC(=O)Nc1sc2c(c1C#N)CCCC2. The molecule has 5 nitrogen and oxygen atoms in total. The molecule has 2 heterocycles. The first-order valence-electron chi connectivity index (χ1n) is 7.66. The number of nitrogens with one attached hydrogen (secondary N) is 1. The van der Waals surface area contributed by atoms with Gasteiger partial charge in [0, 0.05) is 4.88 Å². The lowest BCUT2D eigenvalue weighted by Crippen LogP contribution is -2.20. The Morgan fingerprint density at radius 2 is 2.17 bits per heavy atom. The summed E-state index contributed by atoms with van der Waals surface area (Å²) in [6.45, 7) is 1.46. The second-order valence-corrected chi connectivity index (χ2v) is 7.61. The van der Waals surface area contributed by atoms with Gasteiger partial charge in [-0.2, -0.15) is 5.26 Å². The number of aryl methyl sites for hydroxylation is 2. The molecule has 24 heavy (non-hydrogen) atoms. The highest BCUT2D eigenvalue weighted by atomic mass is 32.1. The van der Waals surface area contributed by atoms with Crippen LogP contribution in [0.5, 0.6) is 0 Å².